The van der Waals surface area contributed by atoms with Crippen LogP contribution in [0.2, 0.25) is 0 Å². The molecule has 2 fully saturated rings. The van der Waals surface area contributed by atoms with Crippen molar-refractivity contribution in [3.8, 4) is 0 Å². The molecule has 31 heavy (non-hydrogen) atoms. The molecule has 1 aromatic carbocycles. The third-order valence-corrected chi connectivity index (χ3v) is 8.54. The zero-order valence-electron chi connectivity index (χ0n) is 17.5. The van der Waals surface area contributed by atoms with Gasteiger partial charge < -0.3 is 9.88 Å². The van der Waals surface area contributed by atoms with Gasteiger partial charge in [0.15, 0.2) is 0 Å². The van der Waals surface area contributed by atoms with Crippen molar-refractivity contribution in [1.82, 2.24) is 14.9 Å². The number of aryl methyl sites for hydroxylation is 1. The average Bonchev–Trinajstić information content (AvgIpc) is 3.02. The molecular weight excluding hydrogens is 416 g/mol. The first kappa shape index (κ1) is 20.2. The van der Waals surface area contributed by atoms with E-state index in [0.29, 0.717) is 48.4 Å². The third kappa shape index (κ3) is 3.54. The summed E-state index contributed by atoms with van der Waals surface area (Å²) in [6.07, 6.45) is 4.28. The van der Waals surface area contributed by atoms with Gasteiger partial charge in [-0.1, -0.05) is 6.07 Å². The number of hydrogen-bond donors (Lipinski definition) is 1. The van der Waals surface area contributed by atoms with Crippen LogP contribution in [-0.4, -0.2) is 53.6 Å². The number of nitrogens with one attached hydrogen (secondary N) is 1. The van der Waals surface area contributed by atoms with Gasteiger partial charge in [-0.05, 0) is 50.8 Å². The highest BCUT2D eigenvalue weighted by molar-refractivity contribution is 7.92. The molecule has 0 aliphatic carbocycles. The van der Waals surface area contributed by atoms with Crippen LogP contribution in [-0.2, 0) is 22.9 Å². The van der Waals surface area contributed by atoms with Crippen molar-refractivity contribution in [2.24, 2.45) is 0 Å². The molecule has 3 aliphatic heterocycles. The van der Waals surface area contributed by atoms with E-state index in [1.54, 1.807) is 31.2 Å². The third-order valence-electron chi connectivity index (χ3n) is 6.67. The number of rotatable bonds is 2. The molecule has 164 valence electrons. The quantitative estimate of drug-likeness (QED) is 0.764. The van der Waals surface area contributed by atoms with Crippen molar-refractivity contribution in [3.63, 3.8) is 0 Å². The lowest BCUT2D eigenvalue weighted by atomic mass is 9.98. The number of hydrogen-bond acceptors (Lipinski definition) is 5. The molecule has 0 radical (unpaired) electrons. The van der Waals surface area contributed by atoms with E-state index in [-0.39, 0.29) is 29.3 Å². The molecule has 9 heteroatoms. The van der Waals surface area contributed by atoms with Gasteiger partial charge in [0.05, 0.1) is 17.1 Å². The number of benzene rings is 1. The van der Waals surface area contributed by atoms with Crippen molar-refractivity contribution in [1.29, 1.82) is 0 Å². The molecule has 8 nitrogen and oxygen atoms in total. The second-order valence-electron chi connectivity index (χ2n) is 8.73. The summed E-state index contributed by atoms with van der Waals surface area (Å²) in [6, 6.07) is 6.88. The van der Waals surface area contributed by atoms with Gasteiger partial charge in [-0.15, -0.1) is 0 Å². The Labute approximate surface area is 181 Å². The van der Waals surface area contributed by atoms with Crippen LogP contribution in [0.5, 0.6) is 0 Å². The lowest BCUT2D eigenvalue weighted by Gasteiger charge is -2.30. The fraction of sp³-hybridized carbons (Fsp3) is 0.500. The molecule has 1 amide bonds. The Bertz CT molecular complexity index is 1210. The molecule has 2 atom stereocenters. The van der Waals surface area contributed by atoms with Crippen molar-refractivity contribution in [3.05, 3.63) is 57.3 Å². The fourth-order valence-corrected chi connectivity index (χ4v) is 6.85. The summed E-state index contributed by atoms with van der Waals surface area (Å²) in [5.74, 6) is 0.625. The molecule has 0 spiro atoms. The molecule has 4 heterocycles. The largest absolute Gasteiger partial charge is 0.332 e. The van der Waals surface area contributed by atoms with E-state index in [1.165, 1.54) is 4.31 Å². The molecule has 1 aromatic heterocycles. The zero-order chi connectivity index (χ0) is 21.8. The van der Waals surface area contributed by atoms with Gasteiger partial charge in [-0.2, -0.15) is 0 Å². The maximum absolute atomic E-state index is 13.6. The number of H-pyrrole nitrogens is 1. The minimum atomic E-state index is -3.34. The van der Waals surface area contributed by atoms with E-state index in [4.69, 9.17) is 0 Å². The van der Waals surface area contributed by atoms with E-state index < -0.39 is 10.0 Å². The topological polar surface area (TPSA) is 103 Å². The summed E-state index contributed by atoms with van der Waals surface area (Å²) < 4.78 is 26.4. The van der Waals surface area contributed by atoms with Crippen LogP contribution in [0.15, 0.2) is 29.1 Å². The number of fused-ring (bicyclic) bond motifs is 3. The Balaban J connectivity index is 1.46. The molecule has 5 rings (SSSR count). The predicted octanol–water partition coefficient (Wildman–Crippen LogP) is 1.78. The van der Waals surface area contributed by atoms with Crippen molar-refractivity contribution in [2.45, 2.75) is 57.5 Å². The highest BCUT2D eigenvalue weighted by atomic mass is 32.2. The molecule has 2 aromatic rings. The normalized spacial score (nSPS) is 24.5. The SMILES string of the molecule is Cc1nc2c(c(=O)[nH]1)C[C@H]1CC[C@@H](C2)N1C(=O)c1cccc(N2CCCCS2(=O)=O)c1. The number of amides is 1. The van der Waals surface area contributed by atoms with E-state index in [2.05, 4.69) is 9.97 Å². The first-order valence-electron chi connectivity index (χ1n) is 10.9. The van der Waals surface area contributed by atoms with E-state index in [1.807, 2.05) is 4.90 Å². The summed E-state index contributed by atoms with van der Waals surface area (Å²) >= 11 is 0. The van der Waals surface area contributed by atoms with Gasteiger partial charge in [0.1, 0.15) is 5.82 Å². The van der Waals surface area contributed by atoms with Gasteiger partial charge >= 0.3 is 0 Å². The predicted molar refractivity (Wildman–Crippen MR) is 117 cm³/mol. The fourth-order valence-electron chi connectivity index (χ4n) is 5.22. The van der Waals surface area contributed by atoms with Gasteiger partial charge in [-0.25, -0.2) is 13.4 Å². The molecular formula is C22H26N4O4S. The molecule has 0 unspecified atom stereocenters. The number of carbonyl (C=O) groups excluding carboxylic acids is 1. The average molecular weight is 443 g/mol. The summed E-state index contributed by atoms with van der Waals surface area (Å²) in [4.78, 5) is 35.3. The Kier molecular flexibility index (Phi) is 4.88. The van der Waals surface area contributed by atoms with Crippen LogP contribution in [0.25, 0.3) is 0 Å². The summed E-state index contributed by atoms with van der Waals surface area (Å²) in [5.41, 5.74) is 2.40. The molecule has 0 saturated carbocycles. The standard InChI is InChI=1S/C22H26N4O4S/c1-14-23-20-13-18-8-7-17(12-19(20)21(27)24-14)26(18)22(28)15-5-4-6-16(11-15)25-9-2-3-10-31(25,29)30/h4-6,11,17-18H,2-3,7-10,12-13H2,1H3,(H,23,24,27)/t17-,18+/m1/s1. The van der Waals surface area contributed by atoms with Crippen LogP contribution < -0.4 is 9.86 Å². The second-order valence-corrected chi connectivity index (χ2v) is 10.7. The first-order valence-corrected chi connectivity index (χ1v) is 12.5. The minimum absolute atomic E-state index is 0.00479. The monoisotopic (exact) mass is 442 g/mol. The Morgan fingerprint density at radius 1 is 1.16 bits per heavy atom. The Morgan fingerprint density at radius 2 is 1.94 bits per heavy atom. The maximum atomic E-state index is 13.6. The Morgan fingerprint density at radius 3 is 2.71 bits per heavy atom. The molecule has 2 bridgehead atoms. The molecule has 3 aliphatic rings. The maximum Gasteiger partial charge on any atom is 0.254 e. The van der Waals surface area contributed by atoms with Gasteiger partial charge in [0, 0.05) is 42.6 Å². The minimum Gasteiger partial charge on any atom is -0.332 e. The van der Waals surface area contributed by atoms with E-state index in [0.717, 1.165) is 25.0 Å². The van der Waals surface area contributed by atoms with Crippen LogP contribution in [0, 0.1) is 6.92 Å². The highest BCUT2D eigenvalue weighted by Gasteiger charge is 2.41. The second kappa shape index (κ2) is 7.47. The smallest absolute Gasteiger partial charge is 0.254 e. The van der Waals surface area contributed by atoms with Gasteiger partial charge in [0.25, 0.3) is 11.5 Å². The van der Waals surface area contributed by atoms with Crippen LogP contribution in [0.4, 0.5) is 5.69 Å². The number of carbonyl (C=O) groups is 1. The number of sulfonamides is 1. The number of aromatic amines is 1. The van der Waals surface area contributed by atoms with Crippen LogP contribution in [0.1, 0.15) is 53.1 Å². The zero-order valence-corrected chi connectivity index (χ0v) is 18.3. The van der Waals surface area contributed by atoms with Gasteiger partial charge in [-0.3, -0.25) is 13.9 Å². The lowest BCUT2D eigenvalue weighted by molar-refractivity contribution is 0.0673. The van der Waals surface area contributed by atoms with E-state index >= 15 is 0 Å². The molecule has 2 saturated heterocycles. The van der Waals surface area contributed by atoms with Crippen LogP contribution in [0.3, 0.4) is 0 Å². The van der Waals surface area contributed by atoms with Crippen molar-refractivity contribution in [2.75, 3.05) is 16.6 Å². The summed E-state index contributed by atoms with van der Waals surface area (Å²) in [6.45, 7) is 2.21. The number of anilines is 1. The summed E-state index contributed by atoms with van der Waals surface area (Å²) in [5, 5.41) is 0. The highest BCUT2D eigenvalue weighted by Crippen LogP contribution is 2.34. The molecule has 1 N–H and O–H groups in total. The lowest BCUT2D eigenvalue weighted by Crippen LogP contribution is -2.42. The summed E-state index contributed by atoms with van der Waals surface area (Å²) in [7, 11) is -3.34. The first-order chi connectivity index (χ1) is 14.8. The van der Waals surface area contributed by atoms with Crippen molar-refractivity contribution < 1.29 is 13.2 Å². The van der Waals surface area contributed by atoms with Crippen LogP contribution >= 0.6 is 0 Å². The number of aromatic nitrogens is 2. The van der Waals surface area contributed by atoms with Gasteiger partial charge in [0.2, 0.25) is 10.0 Å². The van der Waals surface area contributed by atoms with E-state index in [9.17, 15) is 18.0 Å². The number of nitrogens with zero attached hydrogens (tertiary/aromatic N) is 3. The van der Waals surface area contributed by atoms with Crippen molar-refractivity contribution >= 4 is 21.6 Å². The Hall–Kier alpha value is -2.68.